The predicted octanol–water partition coefficient (Wildman–Crippen LogP) is 4.48. The lowest BCUT2D eigenvalue weighted by molar-refractivity contribution is 0.0577. The standard InChI is InChI=1S/C18H23NO/c1-18(2)9-6-13(7-10-18)17(20)16-5-3-4-14-12-19-11-8-15(14)16/h3-5,8,11-13,17,20H,6-7,9-10H2,1-2H3. The van der Waals surface area contributed by atoms with Gasteiger partial charge < -0.3 is 5.11 Å². The molecule has 0 saturated heterocycles. The Morgan fingerprint density at radius 3 is 2.70 bits per heavy atom. The molecule has 0 aliphatic heterocycles. The first-order chi connectivity index (χ1) is 9.57. The molecule has 1 saturated carbocycles. The number of nitrogens with zero attached hydrogens (tertiary/aromatic N) is 1. The number of pyridine rings is 1. The van der Waals surface area contributed by atoms with E-state index in [1.54, 1.807) is 0 Å². The van der Waals surface area contributed by atoms with Crippen molar-refractivity contribution in [2.45, 2.75) is 45.6 Å². The quantitative estimate of drug-likeness (QED) is 0.871. The van der Waals surface area contributed by atoms with Crippen molar-refractivity contribution in [1.82, 2.24) is 4.98 Å². The molecule has 0 radical (unpaired) electrons. The minimum atomic E-state index is -0.350. The van der Waals surface area contributed by atoms with Crippen molar-refractivity contribution in [2.75, 3.05) is 0 Å². The first-order valence-corrected chi connectivity index (χ1v) is 7.57. The van der Waals surface area contributed by atoms with E-state index in [0.717, 1.165) is 29.2 Å². The molecule has 2 heteroatoms. The molecule has 0 amide bonds. The molecular weight excluding hydrogens is 246 g/mol. The van der Waals surface area contributed by atoms with Crippen molar-refractivity contribution in [3.8, 4) is 0 Å². The lowest BCUT2D eigenvalue weighted by atomic mass is 9.70. The van der Waals surface area contributed by atoms with Crippen molar-refractivity contribution >= 4 is 10.8 Å². The van der Waals surface area contributed by atoms with Crippen LogP contribution in [0.15, 0.2) is 36.7 Å². The Labute approximate surface area is 120 Å². The van der Waals surface area contributed by atoms with Crippen LogP contribution in [0.2, 0.25) is 0 Å². The second kappa shape index (κ2) is 5.17. The van der Waals surface area contributed by atoms with Gasteiger partial charge in [-0.25, -0.2) is 0 Å². The van der Waals surface area contributed by atoms with E-state index in [1.807, 2.05) is 24.5 Å². The molecule has 3 rings (SSSR count). The Morgan fingerprint density at radius 1 is 1.20 bits per heavy atom. The summed E-state index contributed by atoms with van der Waals surface area (Å²) in [6.45, 7) is 4.67. The molecule has 20 heavy (non-hydrogen) atoms. The zero-order chi connectivity index (χ0) is 14.2. The SMILES string of the molecule is CC1(C)CCC(C(O)c2cccc3cnccc23)CC1. The Hall–Kier alpha value is -1.41. The molecule has 1 unspecified atom stereocenters. The third-order valence-electron chi connectivity index (χ3n) is 4.86. The molecule has 1 N–H and O–H groups in total. The van der Waals surface area contributed by atoms with Crippen molar-refractivity contribution in [3.05, 3.63) is 42.2 Å². The zero-order valence-corrected chi connectivity index (χ0v) is 12.3. The topological polar surface area (TPSA) is 33.1 Å². The Kier molecular flexibility index (Phi) is 3.51. The summed E-state index contributed by atoms with van der Waals surface area (Å²) in [5.41, 5.74) is 1.51. The maximum absolute atomic E-state index is 10.8. The maximum atomic E-state index is 10.8. The van der Waals surface area contributed by atoms with Crippen LogP contribution in [-0.4, -0.2) is 10.1 Å². The van der Waals surface area contributed by atoms with E-state index in [2.05, 4.69) is 31.0 Å². The Balaban J connectivity index is 1.88. The fourth-order valence-corrected chi connectivity index (χ4v) is 3.40. The number of aliphatic hydroxyl groups excluding tert-OH is 1. The minimum absolute atomic E-state index is 0.350. The van der Waals surface area contributed by atoms with E-state index in [4.69, 9.17) is 0 Å². The van der Waals surface area contributed by atoms with Gasteiger partial charge in [0, 0.05) is 17.8 Å². The van der Waals surface area contributed by atoms with Gasteiger partial charge in [-0.15, -0.1) is 0 Å². The second-order valence-corrected chi connectivity index (χ2v) is 6.89. The fraction of sp³-hybridized carbons (Fsp3) is 0.500. The van der Waals surface area contributed by atoms with Crippen LogP contribution in [-0.2, 0) is 0 Å². The molecule has 0 spiro atoms. The van der Waals surface area contributed by atoms with Gasteiger partial charge >= 0.3 is 0 Å². The third kappa shape index (κ3) is 2.57. The van der Waals surface area contributed by atoms with Crippen molar-refractivity contribution in [1.29, 1.82) is 0 Å². The molecular formula is C18H23NO. The third-order valence-corrected chi connectivity index (χ3v) is 4.86. The Morgan fingerprint density at radius 2 is 1.95 bits per heavy atom. The highest BCUT2D eigenvalue weighted by molar-refractivity contribution is 5.85. The predicted molar refractivity (Wildman–Crippen MR) is 82.4 cm³/mol. The highest BCUT2D eigenvalue weighted by Gasteiger charge is 2.31. The smallest absolute Gasteiger partial charge is 0.0824 e. The second-order valence-electron chi connectivity index (χ2n) is 6.89. The van der Waals surface area contributed by atoms with Gasteiger partial charge in [0.15, 0.2) is 0 Å². The molecule has 1 aliphatic carbocycles. The van der Waals surface area contributed by atoms with Crippen LogP contribution < -0.4 is 0 Å². The van der Waals surface area contributed by atoms with E-state index in [1.165, 1.54) is 12.8 Å². The van der Waals surface area contributed by atoms with Gasteiger partial charge in [0.05, 0.1) is 6.10 Å². The lowest BCUT2D eigenvalue weighted by Gasteiger charge is -2.36. The minimum Gasteiger partial charge on any atom is -0.388 e. The van der Waals surface area contributed by atoms with E-state index in [9.17, 15) is 5.11 Å². The summed E-state index contributed by atoms with van der Waals surface area (Å²) < 4.78 is 0. The summed E-state index contributed by atoms with van der Waals surface area (Å²) in [5, 5.41) is 13.0. The molecule has 2 nitrogen and oxygen atoms in total. The fourth-order valence-electron chi connectivity index (χ4n) is 3.40. The van der Waals surface area contributed by atoms with Crippen molar-refractivity contribution in [2.24, 2.45) is 11.3 Å². The van der Waals surface area contributed by atoms with Gasteiger partial charge in [-0.2, -0.15) is 0 Å². The summed E-state index contributed by atoms with van der Waals surface area (Å²) in [4.78, 5) is 4.16. The van der Waals surface area contributed by atoms with E-state index < -0.39 is 0 Å². The van der Waals surface area contributed by atoms with E-state index in [-0.39, 0.29) is 6.10 Å². The van der Waals surface area contributed by atoms with Gasteiger partial charge in [-0.05, 0) is 54.0 Å². The van der Waals surface area contributed by atoms with E-state index in [0.29, 0.717) is 11.3 Å². The Bertz CT molecular complexity index is 590. The maximum Gasteiger partial charge on any atom is 0.0824 e. The van der Waals surface area contributed by atoms with Gasteiger partial charge in [0.1, 0.15) is 0 Å². The van der Waals surface area contributed by atoms with Crippen molar-refractivity contribution < 1.29 is 5.11 Å². The molecule has 106 valence electrons. The first kappa shape index (κ1) is 13.6. The summed E-state index contributed by atoms with van der Waals surface area (Å²) in [6, 6.07) is 8.16. The van der Waals surface area contributed by atoms with Gasteiger partial charge in [0.2, 0.25) is 0 Å². The number of hydrogen-bond donors (Lipinski definition) is 1. The number of fused-ring (bicyclic) bond motifs is 1. The number of rotatable bonds is 2. The van der Waals surface area contributed by atoms with Crippen molar-refractivity contribution in [3.63, 3.8) is 0 Å². The average Bonchev–Trinajstić information content (AvgIpc) is 2.46. The lowest BCUT2D eigenvalue weighted by Crippen LogP contribution is -2.25. The van der Waals surface area contributed by atoms with Crippen LogP contribution in [0.5, 0.6) is 0 Å². The van der Waals surface area contributed by atoms with Crippen LogP contribution in [0.4, 0.5) is 0 Å². The molecule has 0 bridgehead atoms. The van der Waals surface area contributed by atoms with Crippen LogP contribution in [0.25, 0.3) is 10.8 Å². The van der Waals surface area contributed by atoms with Gasteiger partial charge in [-0.1, -0.05) is 32.0 Å². The molecule has 1 aromatic carbocycles. The molecule has 1 fully saturated rings. The van der Waals surface area contributed by atoms with E-state index >= 15 is 0 Å². The molecule has 2 aromatic rings. The van der Waals surface area contributed by atoms with Gasteiger partial charge in [-0.3, -0.25) is 4.98 Å². The zero-order valence-electron chi connectivity index (χ0n) is 12.3. The average molecular weight is 269 g/mol. The molecule has 1 heterocycles. The highest BCUT2D eigenvalue weighted by Crippen LogP contribution is 2.43. The van der Waals surface area contributed by atoms with Crippen LogP contribution in [0, 0.1) is 11.3 Å². The first-order valence-electron chi connectivity index (χ1n) is 7.57. The summed E-state index contributed by atoms with van der Waals surface area (Å²) in [7, 11) is 0. The normalized spacial score (nSPS) is 20.9. The van der Waals surface area contributed by atoms with Crippen LogP contribution in [0.1, 0.15) is 51.2 Å². The number of hydrogen-bond acceptors (Lipinski definition) is 2. The highest BCUT2D eigenvalue weighted by atomic mass is 16.3. The van der Waals surface area contributed by atoms with Crippen LogP contribution in [0.3, 0.4) is 0 Å². The number of aromatic nitrogens is 1. The molecule has 1 atom stereocenters. The summed E-state index contributed by atoms with van der Waals surface area (Å²) in [6.07, 6.45) is 7.99. The molecule has 1 aromatic heterocycles. The largest absolute Gasteiger partial charge is 0.388 e. The summed E-state index contributed by atoms with van der Waals surface area (Å²) >= 11 is 0. The number of benzene rings is 1. The summed E-state index contributed by atoms with van der Waals surface area (Å²) in [5.74, 6) is 0.391. The van der Waals surface area contributed by atoms with Gasteiger partial charge in [0.25, 0.3) is 0 Å². The van der Waals surface area contributed by atoms with Crippen LogP contribution >= 0.6 is 0 Å². The monoisotopic (exact) mass is 269 g/mol. The number of aliphatic hydroxyl groups is 1. The molecule has 1 aliphatic rings.